The number of hydrogen-bond donors (Lipinski definition) is 0. The summed E-state index contributed by atoms with van der Waals surface area (Å²) in [6.45, 7) is 5.24. The predicted molar refractivity (Wildman–Crippen MR) is 83.9 cm³/mol. The quantitative estimate of drug-likeness (QED) is 0.788. The van der Waals surface area contributed by atoms with E-state index in [2.05, 4.69) is 22.0 Å². The number of piperazine rings is 1. The van der Waals surface area contributed by atoms with Gasteiger partial charge in [0.1, 0.15) is 5.82 Å². The molecule has 1 aromatic carbocycles. The minimum atomic E-state index is -0.0933. The highest BCUT2D eigenvalue weighted by Crippen LogP contribution is 2.43. The summed E-state index contributed by atoms with van der Waals surface area (Å²) in [6, 6.07) is 7.14. The zero-order valence-electron chi connectivity index (χ0n) is 12.4. The molecule has 0 radical (unpaired) electrons. The molecular formula is C18H23FN2. The average molecular weight is 286 g/mol. The Balaban J connectivity index is 1.33. The Bertz CT molecular complexity index is 534. The van der Waals surface area contributed by atoms with Crippen molar-refractivity contribution < 1.29 is 4.39 Å². The van der Waals surface area contributed by atoms with Gasteiger partial charge in [0.2, 0.25) is 0 Å². The topological polar surface area (TPSA) is 6.48 Å². The van der Waals surface area contributed by atoms with E-state index in [0.717, 1.165) is 49.6 Å². The molecule has 1 heterocycles. The van der Waals surface area contributed by atoms with Gasteiger partial charge < -0.3 is 4.90 Å². The lowest BCUT2D eigenvalue weighted by Crippen LogP contribution is -2.48. The van der Waals surface area contributed by atoms with Crippen LogP contribution in [0, 0.1) is 23.6 Å². The van der Waals surface area contributed by atoms with E-state index in [-0.39, 0.29) is 5.82 Å². The smallest absolute Gasteiger partial charge is 0.146 e. The van der Waals surface area contributed by atoms with Crippen LogP contribution in [-0.4, -0.2) is 37.6 Å². The molecule has 3 atom stereocenters. The highest BCUT2D eigenvalue weighted by atomic mass is 19.1. The summed E-state index contributed by atoms with van der Waals surface area (Å²) in [5.74, 6) is 2.46. The van der Waals surface area contributed by atoms with Crippen molar-refractivity contribution >= 4 is 5.69 Å². The average Bonchev–Trinajstić information content (AvgIpc) is 3.11. The molecule has 0 aromatic heterocycles. The van der Waals surface area contributed by atoms with Gasteiger partial charge in [0.15, 0.2) is 0 Å². The van der Waals surface area contributed by atoms with Crippen molar-refractivity contribution in [1.29, 1.82) is 0 Å². The van der Waals surface area contributed by atoms with E-state index >= 15 is 0 Å². The standard InChI is InChI=1S/C18H23FN2/c19-17-3-1-2-4-18(17)21-9-7-20(8-10-21)13-16-12-14-5-6-15(16)11-14/h1-6,14-16H,7-13H2/t14-,15-,16+/m1/s1. The second-order valence-electron chi connectivity index (χ2n) is 6.78. The summed E-state index contributed by atoms with van der Waals surface area (Å²) in [4.78, 5) is 4.77. The lowest BCUT2D eigenvalue weighted by molar-refractivity contribution is 0.204. The summed E-state index contributed by atoms with van der Waals surface area (Å²) in [6.07, 6.45) is 7.63. The van der Waals surface area contributed by atoms with Crippen molar-refractivity contribution in [3.05, 3.63) is 42.2 Å². The maximum atomic E-state index is 13.8. The lowest BCUT2D eigenvalue weighted by Gasteiger charge is -2.38. The van der Waals surface area contributed by atoms with Gasteiger partial charge in [-0.25, -0.2) is 4.39 Å². The van der Waals surface area contributed by atoms with Gasteiger partial charge in [-0.3, -0.25) is 4.90 Å². The molecule has 1 saturated carbocycles. The van der Waals surface area contributed by atoms with Gasteiger partial charge in [0.25, 0.3) is 0 Å². The number of nitrogens with zero attached hydrogens (tertiary/aromatic N) is 2. The van der Waals surface area contributed by atoms with Crippen molar-refractivity contribution in [3.8, 4) is 0 Å². The van der Waals surface area contributed by atoms with Crippen molar-refractivity contribution in [2.45, 2.75) is 12.8 Å². The van der Waals surface area contributed by atoms with Gasteiger partial charge in [-0.1, -0.05) is 24.3 Å². The zero-order chi connectivity index (χ0) is 14.2. The Morgan fingerprint density at radius 3 is 2.48 bits per heavy atom. The molecule has 2 nitrogen and oxygen atoms in total. The summed E-state index contributed by atoms with van der Waals surface area (Å²) < 4.78 is 13.8. The second kappa shape index (κ2) is 5.45. The molecule has 0 amide bonds. The van der Waals surface area contributed by atoms with Crippen LogP contribution < -0.4 is 4.90 Å². The molecule has 1 aliphatic heterocycles. The molecule has 0 unspecified atom stereocenters. The third-order valence-corrected chi connectivity index (χ3v) is 5.47. The molecule has 1 aromatic rings. The van der Waals surface area contributed by atoms with E-state index in [1.807, 2.05) is 12.1 Å². The minimum absolute atomic E-state index is 0.0933. The lowest BCUT2D eigenvalue weighted by atomic mass is 9.93. The maximum Gasteiger partial charge on any atom is 0.146 e. The fourth-order valence-electron chi connectivity index (χ4n) is 4.32. The zero-order valence-corrected chi connectivity index (χ0v) is 12.4. The van der Waals surface area contributed by atoms with Crippen LogP contribution in [0.2, 0.25) is 0 Å². The number of allylic oxidation sites excluding steroid dienone is 2. The summed E-state index contributed by atoms with van der Waals surface area (Å²) >= 11 is 0. The van der Waals surface area contributed by atoms with Crippen molar-refractivity contribution in [2.75, 3.05) is 37.6 Å². The number of hydrogen-bond acceptors (Lipinski definition) is 2. The SMILES string of the molecule is Fc1ccccc1N1CCN(C[C@@H]2C[C@@H]3C=C[C@@H]2C3)CC1. The summed E-state index contributed by atoms with van der Waals surface area (Å²) in [7, 11) is 0. The Morgan fingerprint density at radius 1 is 1.00 bits per heavy atom. The van der Waals surface area contributed by atoms with Crippen LogP contribution in [0.1, 0.15) is 12.8 Å². The highest BCUT2D eigenvalue weighted by molar-refractivity contribution is 5.47. The fraction of sp³-hybridized carbons (Fsp3) is 0.556. The first-order chi connectivity index (χ1) is 10.3. The number of para-hydroxylation sites is 1. The van der Waals surface area contributed by atoms with E-state index in [0.29, 0.717) is 0 Å². The molecule has 112 valence electrons. The van der Waals surface area contributed by atoms with Gasteiger partial charge >= 0.3 is 0 Å². The van der Waals surface area contributed by atoms with Crippen LogP contribution >= 0.6 is 0 Å². The molecule has 2 aliphatic carbocycles. The monoisotopic (exact) mass is 286 g/mol. The van der Waals surface area contributed by atoms with Crippen molar-refractivity contribution in [1.82, 2.24) is 4.90 Å². The fourth-order valence-corrected chi connectivity index (χ4v) is 4.32. The van der Waals surface area contributed by atoms with E-state index in [1.165, 1.54) is 19.4 Å². The number of rotatable bonds is 3. The Kier molecular flexibility index (Phi) is 3.46. The molecule has 0 spiro atoms. The van der Waals surface area contributed by atoms with Crippen molar-refractivity contribution in [2.24, 2.45) is 17.8 Å². The number of benzene rings is 1. The maximum absolute atomic E-state index is 13.8. The molecule has 0 N–H and O–H groups in total. The largest absolute Gasteiger partial charge is 0.367 e. The number of fused-ring (bicyclic) bond motifs is 2. The van der Waals surface area contributed by atoms with Crippen LogP contribution in [0.5, 0.6) is 0 Å². The van der Waals surface area contributed by atoms with E-state index < -0.39 is 0 Å². The second-order valence-corrected chi connectivity index (χ2v) is 6.78. The summed E-state index contributed by atoms with van der Waals surface area (Å²) in [5.41, 5.74) is 0.764. The van der Waals surface area contributed by atoms with E-state index in [4.69, 9.17) is 0 Å². The van der Waals surface area contributed by atoms with Crippen molar-refractivity contribution in [3.63, 3.8) is 0 Å². The highest BCUT2D eigenvalue weighted by Gasteiger charge is 2.36. The normalized spacial score (nSPS) is 32.0. The summed E-state index contributed by atoms with van der Waals surface area (Å²) in [5, 5.41) is 0. The first-order valence-electron chi connectivity index (χ1n) is 8.20. The first kappa shape index (κ1) is 13.3. The molecule has 2 bridgehead atoms. The molecule has 21 heavy (non-hydrogen) atoms. The number of anilines is 1. The van der Waals surface area contributed by atoms with Gasteiger partial charge in [0.05, 0.1) is 5.69 Å². The molecular weight excluding hydrogens is 263 g/mol. The van der Waals surface area contributed by atoms with Crippen LogP contribution in [-0.2, 0) is 0 Å². The molecule has 2 fully saturated rings. The van der Waals surface area contributed by atoms with Gasteiger partial charge in [0, 0.05) is 32.7 Å². The minimum Gasteiger partial charge on any atom is -0.367 e. The predicted octanol–water partition coefficient (Wildman–Crippen LogP) is 3.16. The Labute approximate surface area is 126 Å². The molecule has 4 rings (SSSR count). The van der Waals surface area contributed by atoms with Crippen LogP contribution in [0.3, 0.4) is 0 Å². The molecule has 3 aliphatic rings. The van der Waals surface area contributed by atoms with E-state index in [1.54, 1.807) is 12.1 Å². The first-order valence-corrected chi connectivity index (χ1v) is 8.20. The van der Waals surface area contributed by atoms with Crippen LogP contribution in [0.25, 0.3) is 0 Å². The van der Waals surface area contributed by atoms with Gasteiger partial charge in [-0.2, -0.15) is 0 Å². The molecule has 1 saturated heterocycles. The van der Waals surface area contributed by atoms with E-state index in [9.17, 15) is 4.39 Å². The third-order valence-electron chi connectivity index (χ3n) is 5.47. The van der Waals surface area contributed by atoms with Gasteiger partial charge in [-0.15, -0.1) is 0 Å². The van der Waals surface area contributed by atoms with Gasteiger partial charge in [-0.05, 0) is 42.7 Å². The third kappa shape index (κ3) is 2.59. The Hall–Kier alpha value is -1.35. The van der Waals surface area contributed by atoms with Crippen LogP contribution in [0.4, 0.5) is 10.1 Å². The molecule has 3 heteroatoms. The number of halogens is 1. The van der Waals surface area contributed by atoms with Crippen LogP contribution in [0.15, 0.2) is 36.4 Å². The Morgan fingerprint density at radius 2 is 1.81 bits per heavy atom.